The van der Waals surface area contributed by atoms with Crippen LogP contribution in [0.4, 0.5) is 11.5 Å². The van der Waals surface area contributed by atoms with Crippen LogP contribution in [0.3, 0.4) is 0 Å². The topological polar surface area (TPSA) is 94.9 Å². The van der Waals surface area contributed by atoms with E-state index in [0.717, 1.165) is 0 Å². The molecule has 7 heteroatoms. The smallest absolute Gasteiger partial charge is 0.343 e. The van der Waals surface area contributed by atoms with Gasteiger partial charge < -0.3 is 5.73 Å². The lowest BCUT2D eigenvalue weighted by atomic mass is 10.5. The van der Waals surface area contributed by atoms with Gasteiger partial charge in [0.25, 0.3) is 0 Å². The van der Waals surface area contributed by atoms with Crippen LogP contribution in [0.15, 0.2) is 11.4 Å². The van der Waals surface area contributed by atoms with Crippen LogP contribution in [0, 0.1) is 10.1 Å². The normalized spacial score (nSPS) is 9.92. The van der Waals surface area contributed by atoms with E-state index < -0.39 is 4.92 Å². The summed E-state index contributed by atoms with van der Waals surface area (Å²) < 4.78 is 0. The summed E-state index contributed by atoms with van der Waals surface area (Å²) in [4.78, 5) is 17.3. The molecule has 0 aliphatic rings. The van der Waals surface area contributed by atoms with Gasteiger partial charge in [-0.3, -0.25) is 10.1 Å². The Morgan fingerprint density at radius 2 is 2.38 bits per heavy atom. The number of nitro groups is 1. The third kappa shape index (κ3) is 2.05. The van der Waals surface area contributed by atoms with Crippen molar-refractivity contribution >= 4 is 23.3 Å². The number of anilines is 1. The number of hydrogen-bond acceptors (Lipinski definition) is 6. The molecule has 0 fully saturated rings. The summed E-state index contributed by atoms with van der Waals surface area (Å²) in [6.07, 6.45) is 1.22. The highest BCUT2D eigenvalue weighted by atomic mass is 32.2. The number of rotatable bonds is 3. The van der Waals surface area contributed by atoms with Crippen molar-refractivity contribution in [3.05, 3.63) is 16.4 Å². The van der Waals surface area contributed by atoms with Crippen LogP contribution in [0.25, 0.3) is 0 Å². The van der Waals surface area contributed by atoms with Gasteiger partial charge in [-0.2, -0.15) is 0 Å². The molecule has 2 N–H and O–H groups in total. The second kappa shape index (κ2) is 4.04. The molecule has 0 aliphatic carbocycles. The molecule has 13 heavy (non-hydrogen) atoms. The molecule has 0 saturated heterocycles. The fourth-order valence-corrected chi connectivity index (χ4v) is 1.50. The van der Waals surface area contributed by atoms with Gasteiger partial charge in [0.2, 0.25) is 5.82 Å². The molecule has 1 rings (SSSR count). The van der Waals surface area contributed by atoms with E-state index in [1.54, 1.807) is 0 Å². The van der Waals surface area contributed by atoms with Crippen molar-refractivity contribution in [2.24, 2.45) is 0 Å². The predicted octanol–water partition coefficient (Wildman–Crippen LogP) is 1.08. The van der Waals surface area contributed by atoms with Crippen LogP contribution in [-0.2, 0) is 0 Å². The summed E-state index contributed by atoms with van der Waals surface area (Å²) in [6.45, 7) is 1.88. The van der Waals surface area contributed by atoms with Crippen molar-refractivity contribution in [1.29, 1.82) is 0 Å². The van der Waals surface area contributed by atoms with Crippen molar-refractivity contribution in [2.45, 2.75) is 11.9 Å². The third-order valence-corrected chi connectivity index (χ3v) is 2.14. The standard InChI is InChI=1S/C6H8N4O2S/c1-2-13-6-4(10(11)12)5(7)8-3-9-6/h3H,2H2,1H3,(H2,7,8,9). The quantitative estimate of drug-likeness (QED) is 0.339. The second-order valence-corrected chi connectivity index (χ2v) is 3.36. The SMILES string of the molecule is CCSc1ncnc(N)c1[N+](=O)[O-]. The van der Waals surface area contributed by atoms with Gasteiger partial charge in [-0.05, 0) is 5.75 Å². The molecule has 70 valence electrons. The molecule has 1 aromatic heterocycles. The first kappa shape index (κ1) is 9.72. The van der Waals surface area contributed by atoms with Crippen LogP contribution in [0.2, 0.25) is 0 Å². The molecule has 0 bridgehead atoms. The van der Waals surface area contributed by atoms with Crippen molar-refractivity contribution in [2.75, 3.05) is 11.5 Å². The molecule has 0 saturated carbocycles. The molecular weight excluding hydrogens is 192 g/mol. The first-order chi connectivity index (χ1) is 6.16. The maximum Gasteiger partial charge on any atom is 0.343 e. The molecule has 0 aromatic carbocycles. The van der Waals surface area contributed by atoms with E-state index in [-0.39, 0.29) is 11.5 Å². The van der Waals surface area contributed by atoms with Gasteiger partial charge >= 0.3 is 5.69 Å². The molecule has 0 amide bonds. The van der Waals surface area contributed by atoms with Gasteiger partial charge in [0.05, 0.1) is 4.92 Å². The number of nitrogen functional groups attached to an aromatic ring is 1. The molecule has 6 nitrogen and oxygen atoms in total. The molecule has 1 aromatic rings. The van der Waals surface area contributed by atoms with Gasteiger partial charge in [-0.15, -0.1) is 0 Å². The maximum absolute atomic E-state index is 10.5. The Labute approximate surface area is 78.7 Å². The van der Waals surface area contributed by atoms with Gasteiger partial charge in [0, 0.05) is 0 Å². The average molecular weight is 200 g/mol. The molecule has 0 unspecified atom stereocenters. The third-order valence-electron chi connectivity index (χ3n) is 1.28. The van der Waals surface area contributed by atoms with Crippen LogP contribution in [-0.4, -0.2) is 20.6 Å². The van der Waals surface area contributed by atoms with Crippen molar-refractivity contribution < 1.29 is 4.92 Å². The van der Waals surface area contributed by atoms with Gasteiger partial charge in [0.15, 0.2) is 5.03 Å². The zero-order valence-electron chi connectivity index (χ0n) is 6.93. The van der Waals surface area contributed by atoms with Crippen LogP contribution in [0.5, 0.6) is 0 Å². The fourth-order valence-electron chi connectivity index (χ4n) is 0.789. The molecule has 1 heterocycles. The highest BCUT2D eigenvalue weighted by molar-refractivity contribution is 7.99. The summed E-state index contributed by atoms with van der Waals surface area (Å²) in [5.74, 6) is 0.619. The Balaban J connectivity index is 3.17. The largest absolute Gasteiger partial charge is 0.378 e. The van der Waals surface area contributed by atoms with Crippen LogP contribution < -0.4 is 5.73 Å². The lowest BCUT2D eigenvalue weighted by Gasteiger charge is -2.00. The van der Waals surface area contributed by atoms with Gasteiger partial charge in [-0.1, -0.05) is 18.7 Å². The molecule has 0 radical (unpaired) electrons. The minimum Gasteiger partial charge on any atom is -0.378 e. The number of thioether (sulfide) groups is 1. The summed E-state index contributed by atoms with van der Waals surface area (Å²) in [5.41, 5.74) is 5.15. The first-order valence-electron chi connectivity index (χ1n) is 3.54. The fraction of sp³-hybridized carbons (Fsp3) is 0.333. The molecule has 0 aliphatic heterocycles. The molecule has 0 atom stereocenters. The number of nitrogens with two attached hydrogens (primary N) is 1. The van der Waals surface area contributed by atoms with Crippen LogP contribution >= 0.6 is 11.8 Å². The van der Waals surface area contributed by atoms with Crippen molar-refractivity contribution in [3.63, 3.8) is 0 Å². The predicted molar refractivity (Wildman–Crippen MR) is 49.5 cm³/mol. The van der Waals surface area contributed by atoms with Gasteiger partial charge in [-0.25, -0.2) is 9.97 Å². The number of nitrogens with zero attached hydrogens (tertiary/aromatic N) is 3. The minimum absolute atomic E-state index is 0.0871. The van der Waals surface area contributed by atoms with Crippen LogP contribution in [0.1, 0.15) is 6.92 Å². The highest BCUT2D eigenvalue weighted by Gasteiger charge is 2.20. The summed E-state index contributed by atoms with van der Waals surface area (Å²) in [6, 6.07) is 0. The summed E-state index contributed by atoms with van der Waals surface area (Å²) in [7, 11) is 0. The summed E-state index contributed by atoms with van der Waals surface area (Å²) in [5, 5.41) is 10.9. The van der Waals surface area contributed by atoms with Gasteiger partial charge in [0.1, 0.15) is 6.33 Å². The lowest BCUT2D eigenvalue weighted by Crippen LogP contribution is -2.01. The molecule has 0 spiro atoms. The Kier molecular flexibility index (Phi) is 3.02. The van der Waals surface area contributed by atoms with E-state index in [2.05, 4.69) is 9.97 Å². The van der Waals surface area contributed by atoms with E-state index in [1.807, 2.05) is 6.92 Å². The van der Waals surface area contributed by atoms with Crippen molar-refractivity contribution in [3.8, 4) is 0 Å². The zero-order chi connectivity index (χ0) is 9.84. The Morgan fingerprint density at radius 3 is 2.92 bits per heavy atom. The van der Waals surface area contributed by atoms with E-state index in [9.17, 15) is 10.1 Å². The first-order valence-corrected chi connectivity index (χ1v) is 4.53. The molecular formula is C6H8N4O2S. The van der Waals surface area contributed by atoms with E-state index in [1.165, 1.54) is 18.1 Å². The Morgan fingerprint density at radius 1 is 1.69 bits per heavy atom. The zero-order valence-corrected chi connectivity index (χ0v) is 7.74. The van der Waals surface area contributed by atoms with E-state index in [4.69, 9.17) is 5.73 Å². The monoisotopic (exact) mass is 200 g/mol. The summed E-state index contributed by atoms with van der Waals surface area (Å²) >= 11 is 1.27. The average Bonchev–Trinajstić information content (AvgIpc) is 2.04. The second-order valence-electron chi connectivity index (χ2n) is 2.10. The van der Waals surface area contributed by atoms with E-state index >= 15 is 0 Å². The number of hydrogen-bond donors (Lipinski definition) is 1. The minimum atomic E-state index is -0.562. The van der Waals surface area contributed by atoms with Crippen molar-refractivity contribution in [1.82, 2.24) is 9.97 Å². The Hall–Kier alpha value is -1.37. The highest BCUT2D eigenvalue weighted by Crippen LogP contribution is 2.29. The number of aromatic nitrogens is 2. The maximum atomic E-state index is 10.5. The van der Waals surface area contributed by atoms with E-state index in [0.29, 0.717) is 10.8 Å². The lowest BCUT2D eigenvalue weighted by molar-refractivity contribution is -0.387. The Bertz CT molecular complexity index is 330.